The van der Waals surface area contributed by atoms with Crippen LogP contribution in [0.3, 0.4) is 0 Å². The van der Waals surface area contributed by atoms with E-state index in [1.54, 1.807) is 0 Å². The van der Waals surface area contributed by atoms with Gasteiger partial charge in [-0.05, 0) is 19.3 Å². The van der Waals surface area contributed by atoms with Crippen LogP contribution in [0.15, 0.2) is 4.52 Å². The van der Waals surface area contributed by atoms with Gasteiger partial charge in [0, 0.05) is 24.7 Å². The molecule has 0 bridgehead atoms. The molecule has 3 rings (SSSR count). The third kappa shape index (κ3) is 1.13. The standard InChI is InChI=1S/C9H13N3O/c10-9-7-3-4-12(6-1-2-6)5-8(7)11-13-9/h6H,1-5,10H2. The summed E-state index contributed by atoms with van der Waals surface area (Å²) in [4.78, 5) is 2.48. The van der Waals surface area contributed by atoms with Crippen LogP contribution in [0.1, 0.15) is 24.1 Å². The van der Waals surface area contributed by atoms with Gasteiger partial charge in [0.25, 0.3) is 0 Å². The number of aromatic nitrogens is 1. The number of anilines is 1. The topological polar surface area (TPSA) is 55.3 Å². The maximum atomic E-state index is 5.65. The number of nitrogens with zero attached hydrogens (tertiary/aromatic N) is 2. The Morgan fingerprint density at radius 1 is 1.46 bits per heavy atom. The number of hydrogen-bond acceptors (Lipinski definition) is 4. The lowest BCUT2D eigenvalue weighted by atomic mass is 10.1. The molecule has 2 aliphatic rings. The van der Waals surface area contributed by atoms with Gasteiger partial charge in [-0.3, -0.25) is 4.90 Å². The molecule has 0 unspecified atom stereocenters. The molecule has 4 heteroatoms. The van der Waals surface area contributed by atoms with Crippen molar-refractivity contribution in [3.8, 4) is 0 Å². The minimum absolute atomic E-state index is 0.519. The molecule has 1 aliphatic carbocycles. The average Bonchev–Trinajstić information content (AvgIpc) is 2.93. The van der Waals surface area contributed by atoms with E-state index in [0.29, 0.717) is 5.88 Å². The Labute approximate surface area is 76.7 Å². The second kappa shape index (κ2) is 2.48. The molecule has 4 nitrogen and oxygen atoms in total. The Kier molecular flexibility index (Phi) is 1.41. The minimum Gasteiger partial charge on any atom is -0.367 e. The second-order valence-corrected chi connectivity index (χ2v) is 3.92. The molecule has 0 amide bonds. The van der Waals surface area contributed by atoms with Crippen molar-refractivity contribution in [2.75, 3.05) is 12.3 Å². The lowest BCUT2D eigenvalue weighted by Gasteiger charge is -2.24. The fourth-order valence-electron chi connectivity index (χ4n) is 2.03. The molecule has 0 aromatic carbocycles. The first-order chi connectivity index (χ1) is 6.34. The van der Waals surface area contributed by atoms with Crippen LogP contribution in [0.4, 0.5) is 5.88 Å². The van der Waals surface area contributed by atoms with E-state index in [2.05, 4.69) is 10.1 Å². The van der Waals surface area contributed by atoms with Gasteiger partial charge in [0.15, 0.2) is 0 Å². The molecule has 2 heterocycles. The normalized spacial score (nSPS) is 23.1. The lowest BCUT2D eigenvalue weighted by Crippen LogP contribution is -2.32. The zero-order chi connectivity index (χ0) is 8.84. The van der Waals surface area contributed by atoms with Crippen molar-refractivity contribution in [3.63, 3.8) is 0 Å². The highest BCUT2D eigenvalue weighted by Crippen LogP contribution is 2.32. The molecule has 0 atom stereocenters. The van der Waals surface area contributed by atoms with Crippen molar-refractivity contribution < 1.29 is 4.52 Å². The van der Waals surface area contributed by atoms with Crippen LogP contribution in [-0.2, 0) is 13.0 Å². The number of hydrogen-bond donors (Lipinski definition) is 1. The van der Waals surface area contributed by atoms with Gasteiger partial charge in [0.1, 0.15) is 5.69 Å². The summed E-state index contributed by atoms with van der Waals surface area (Å²) < 4.78 is 4.97. The fourth-order valence-corrected chi connectivity index (χ4v) is 2.03. The van der Waals surface area contributed by atoms with Gasteiger partial charge >= 0.3 is 0 Å². The van der Waals surface area contributed by atoms with E-state index in [9.17, 15) is 0 Å². The van der Waals surface area contributed by atoms with E-state index >= 15 is 0 Å². The summed E-state index contributed by atoms with van der Waals surface area (Å²) >= 11 is 0. The Morgan fingerprint density at radius 3 is 3.08 bits per heavy atom. The lowest BCUT2D eigenvalue weighted by molar-refractivity contribution is 0.237. The predicted octanol–water partition coefficient (Wildman–Crippen LogP) is 0.777. The number of rotatable bonds is 1. The van der Waals surface area contributed by atoms with Gasteiger partial charge in [-0.2, -0.15) is 0 Å². The van der Waals surface area contributed by atoms with Gasteiger partial charge in [0.2, 0.25) is 5.88 Å². The molecule has 13 heavy (non-hydrogen) atoms. The van der Waals surface area contributed by atoms with E-state index in [-0.39, 0.29) is 0 Å². The smallest absolute Gasteiger partial charge is 0.225 e. The molecular formula is C9H13N3O. The van der Waals surface area contributed by atoms with E-state index < -0.39 is 0 Å². The molecule has 1 aliphatic heterocycles. The van der Waals surface area contributed by atoms with Crippen LogP contribution in [-0.4, -0.2) is 22.6 Å². The van der Waals surface area contributed by atoms with E-state index in [1.807, 2.05) is 0 Å². The molecule has 70 valence electrons. The first-order valence-corrected chi connectivity index (χ1v) is 4.81. The fraction of sp³-hybridized carbons (Fsp3) is 0.667. The molecule has 0 radical (unpaired) electrons. The molecule has 1 aromatic rings. The van der Waals surface area contributed by atoms with Gasteiger partial charge in [-0.25, -0.2) is 0 Å². The highest BCUT2D eigenvalue weighted by Gasteiger charge is 2.33. The third-order valence-corrected chi connectivity index (χ3v) is 2.97. The number of nitrogen functional groups attached to an aromatic ring is 1. The molecule has 0 saturated heterocycles. The van der Waals surface area contributed by atoms with Crippen LogP contribution in [0.5, 0.6) is 0 Å². The highest BCUT2D eigenvalue weighted by atomic mass is 16.5. The summed E-state index contributed by atoms with van der Waals surface area (Å²) in [5.74, 6) is 0.519. The Bertz CT molecular complexity index is 330. The number of fused-ring (bicyclic) bond motifs is 1. The van der Waals surface area contributed by atoms with Crippen molar-refractivity contribution in [2.24, 2.45) is 0 Å². The summed E-state index contributed by atoms with van der Waals surface area (Å²) in [7, 11) is 0. The van der Waals surface area contributed by atoms with Crippen LogP contribution in [0, 0.1) is 0 Å². The molecular weight excluding hydrogens is 166 g/mol. The van der Waals surface area contributed by atoms with Gasteiger partial charge in [-0.1, -0.05) is 5.16 Å². The molecule has 2 N–H and O–H groups in total. The van der Waals surface area contributed by atoms with E-state index in [0.717, 1.165) is 36.8 Å². The summed E-state index contributed by atoms with van der Waals surface area (Å²) in [6.07, 6.45) is 3.70. The van der Waals surface area contributed by atoms with Crippen molar-refractivity contribution in [1.29, 1.82) is 0 Å². The summed E-state index contributed by atoms with van der Waals surface area (Å²) in [6.45, 7) is 2.05. The van der Waals surface area contributed by atoms with Crippen molar-refractivity contribution in [3.05, 3.63) is 11.3 Å². The van der Waals surface area contributed by atoms with Crippen LogP contribution in [0.25, 0.3) is 0 Å². The quantitative estimate of drug-likeness (QED) is 0.692. The second-order valence-electron chi connectivity index (χ2n) is 3.92. The molecule has 1 aromatic heterocycles. The largest absolute Gasteiger partial charge is 0.367 e. The van der Waals surface area contributed by atoms with Gasteiger partial charge < -0.3 is 10.3 Å². The Hall–Kier alpha value is -1.03. The summed E-state index contributed by atoms with van der Waals surface area (Å²) in [6, 6.07) is 0.811. The zero-order valence-corrected chi connectivity index (χ0v) is 7.49. The Morgan fingerprint density at radius 2 is 2.31 bits per heavy atom. The van der Waals surface area contributed by atoms with Crippen LogP contribution >= 0.6 is 0 Å². The van der Waals surface area contributed by atoms with Gasteiger partial charge in [-0.15, -0.1) is 0 Å². The molecule has 1 fully saturated rings. The van der Waals surface area contributed by atoms with E-state index in [1.165, 1.54) is 12.8 Å². The van der Waals surface area contributed by atoms with Crippen molar-refractivity contribution in [2.45, 2.75) is 31.8 Å². The summed E-state index contributed by atoms with van der Waals surface area (Å²) in [5.41, 5.74) is 7.84. The molecule has 1 saturated carbocycles. The Balaban J connectivity index is 1.86. The SMILES string of the molecule is Nc1onc2c1CCN(C1CC1)C2. The molecule has 0 spiro atoms. The zero-order valence-electron chi connectivity index (χ0n) is 7.49. The maximum Gasteiger partial charge on any atom is 0.225 e. The minimum atomic E-state index is 0.519. The van der Waals surface area contributed by atoms with Crippen LogP contribution < -0.4 is 5.73 Å². The first-order valence-electron chi connectivity index (χ1n) is 4.81. The predicted molar refractivity (Wildman–Crippen MR) is 48.1 cm³/mol. The van der Waals surface area contributed by atoms with Crippen molar-refractivity contribution >= 4 is 5.88 Å². The van der Waals surface area contributed by atoms with Crippen molar-refractivity contribution in [1.82, 2.24) is 10.1 Å². The first kappa shape index (κ1) is 7.38. The van der Waals surface area contributed by atoms with Gasteiger partial charge in [0.05, 0.1) is 0 Å². The van der Waals surface area contributed by atoms with E-state index in [4.69, 9.17) is 10.3 Å². The average molecular weight is 179 g/mol. The maximum absolute atomic E-state index is 5.65. The monoisotopic (exact) mass is 179 g/mol. The third-order valence-electron chi connectivity index (χ3n) is 2.97. The van der Waals surface area contributed by atoms with Crippen LogP contribution in [0.2, 0.25) is 0 Å². The number of nitrogens with two attached hydrogens (primary N) is 1. The highest BCUT2D eigenvalue weighted by molar-refractivity contribution is 5.40. The summed E-state index contributed by atoms with van der Waals surface area (Å²) in [5, 5.41) is 3.98.